The van der Waals surface area contributed by atoms with E-state index in [-0.39, 0.29) is 24.0 Å². The van der Waals surface area contributed by atoms with Gasteiger partial charge in [-0.15, -0.1) is 12.4 Å². The molecule has 0 saturated carbocycles. The third-order valence-electron chi connectivity index (χ3n) is 4.05. The van der Waals surface area contributed by atoms with Gasteiger partial charge in [-0.3, -0.25) is 14.9 Å². The van der Waals surface area contributed by atoms with Crippen molar-refractivity contribution in [3.8, 4) is 0 Å². The van der Waals surface area contributed by atoms with Crippen LogP contribution in [0.1, 0.15) is 23.3 Å². The van der Waals surface area contributed by atoms with Crippen molar-refractivity contribution in [2.45, 2.75) is 18.9 Å². The van der Waals surface area contributed by atoms with Crippen molar-refractivity contribution in [2.24, 2.45) is 5.92 Å². The minimum Gasteiger partial charge on any atom is -0.351 e. The zero-order chi connectivity index (χ0) is 13.4. The number of carbonyl (C=O) groups is 1. The van der Waals surface area contributed by atoms with E-state index in [2.05, 4.69) is 10.3 Å². The van der Waals surface area contributed by atoms with Crippen LogP contribution in [0.4, 0.5) is 5.69 Å². The number of hydrogen-bond acceptors (Lipinski definition) is 4. The Labute approximate surface area is 122 Å². The Balaban J connectivity index is 0.00000147. The number of rotatable bonds is 2. The Bertz CT molecular complexity index is 519. The van der Waals surface area contributed by atoms with Crippen LogP contribution in [0.3, 0.4) is 0 Å². The average Bonchev–Trinajstić information content (AvgIpc) is 3.06. The van der Waals surface area contributed by atoms with Crippen LogP contribution in [0.15, 0.2) is 12.3 Å². The smallest absolute Gasteiger partial charge is 0.287 e. The molecule has 1 aromatic rings. The number of fused-ring (bicyclic) bond motifs is 1. The van der Waals surface area contributed by atoms with Crippen LogP contribution in [0.5, 0.6) is 0 Å². The van der Waals surface area contributed by atoms with Gasteiger partial charge in [-0.05, 0) is 25.3 Å². The van der Waals surface area contributed by atoms with E-state index in [1.165, 1.54) is 12.3 Å². The molecule has 110 valence electrons. The maximum atomic E-state index is 12.3. The number of nitro groups is 1. The van der Waals surface area contributed by atoms with Crippen LogP contribution < -0.4 is 5.32 Å². The van der Waals surface area contributed by atoms with Crippen molar-refractivity contribution in [3.63, 3.8) is 0 Å². The Morgan fingerprint density at radius 2 is 2.25 bits per heavy atom. The van der Waals surface area contributed by atoms with Gasteiger partial charge in [0.1, 0.15) is 5.69 Å². The molecular weight excluding hydrogens is 284 g/mol. The molecule has 0 spiro atoms. The molecule has 0 bridgehead atoms. The van der Waals surface area contributed by atoms with Gasteiger partial charge >= 0.3 is 0 Å². The van der Waals surface area contributed by atoms with Crippen molar-refractivity contribution in [2.75, 3.05) is 19.6 Å². The molecule has 3 heterocycles. The third kappa shape index (κ3) is 2.64. The number of amides is 1. The molecule has 2 saturated heterocycles. The minimum absolute atomic E-state index is 0. The highest BCUT2D eigenvalue weighted by Crippen LogP contribution is 2.25. The Morgan fingerprint density at radius 1 is 1.45 bits per heavy atom. The summed E-state index contributed by atoms with van der Waals surface area (Å²) in [6.07, 6.45) is 3.32. The number of aromatic amines is 1. The number of carbonyl (C=O) groups excluding carboxylic acids is 1. The molecule has 2 atom stereocenters. The molecule has 2 unspecified atom stereocenters. The molecule has 7 nitrogen and oxygen atoms in total. The van der Waals surface area contributed by atoms with Gasteiger partial charge < -0.3 is 15.2 Å². The first-order valence-electron chi connectivity index (χ1n) is 6.50. The molecule has 2 aliphatic rings. The fourth-order valence-corrected chi connectivity index (χ4v) is 3.01. The molecule has 0 aromatic carbocycles. The molecule has 3 rings (SSSR count). The van der Waals surface area contributed by atoms with Gasteiger partial charge in [-0.25, -0.2) is 0 Å². The standard InChI is InChI=1S/C12H16N4O3.ClH/c17-12(11-5-9(6-14-11)16(18)19)15-4-2-10-8(7-15)1-3-13-10;/h5-6,8,10,13-14H,1-4,7H2;1H. The van der Waals surface area contributed by atoms with Crippen LogP contribution in [0.2, 0.25) is 0 Å². The fraction of sp³-hybridized carbons (Fsp3) is 0.583. The number of aromatic nitrogens is 1. The molecule has 2 N–H and O–H groups in total. The molecule has 2 fully saturated rings. The van der Waals surface area contributed by atoms with Gasteiger partial charge in [-0.2, -0.15) is 0 Å². The molecule has 2 aliphatic heterocycles. The molecule has 8 heteroatoms. The summed E-state index contributed by atoms with van der Waals surface area (Å²) in [6.45, 7) is 2.47. The van der Waals surface area contributed by atoms with Crippen LogP contribution >= 0.6 is 12.4 Å². The van der Waals surface area contributed by atoms with E-state index in [1.54, 1.807) is 4.90 Å². The predicted molar refractivity (Wildman–Crippen MR) is 75.1 cm³/mol. The lowest BCUT2D eigenvalue weighted by Gasteiger charge is -2.34. The number of nitrogens with zero attached hydrogens (tertiary/aromatic N) is 2. The molecule has 1 amide bonds. The maximum Gasteiger partial charge on any atom is 0.287 e. The zero-order valence-electron chi connectivity index (χ0n) is 10.9. The van der Waals surface area contributed by atoms with Gasteiger partial charge in [0.15, 0.2) is 0 Å². The first-order valence-corrected chi connectivity index (χ1v) is 6.50. The summed E-state index contributed by atoms with van der Waals surface area (Å²) in [5.74, 6) is 0.376. The van der Waals surface area contributed by atoms with E-state index in [0.717, 1.165) is 25.9 Å². The number of hydrogen-bond donors (Lipinski definition) is 2. The van der Waals surface area contributed by atoms with E-state index in [0.29, 0.717) is 24.2 Å². The summed E-state index contributed by atoms with van der Waals surface area (Å²) in [6, 6.07) is 1.84. The second kappa shape index (κ2) is 5.80. The second-order valence-electron chi connectivity index (χ2n) is 5.18. The van der Waals surface area contributed by atoms with Crippen molar-refractivity contribution < 1.29 is 9.72 Å². The SMILES string of the molecule is Cl.O=C(c1cc([N+](=O)[O-])c[nH]1)N1CCC2NCCC2C1. The van der Waals surface area contributed by atoms with Crippen molar-refractivity contribution in [1.82, 2.24) is 15.2 Å². The predicted octanol–water partition coefficient (Wildman–Crippen LogP) is 1.17. The highest BCUT2D eigenvalue weighted by Gasteiger charge is 2.35. The van der Waals surface area contributed by atoms with Crippen LogP contribution in [0, 0.1) is 16.0 Å². The van der Waals surface area contributed by atoms with Crippen molar-refractivity contribution in [1.29, 1.82) is 0 Å². The lowest BCUT2D eigenvalue weighted by molar-refractivity contribution is -0.384. The third-order valence-corrected chi connectivity index (χ3v) is 4.05. The van der Waals surface area contributed by atoms with E-state index >= 15 is 0 Å². The maximum absolute atomic E-state index is 12.3. The number of piperidine rings is 1. The molecule has 0 radical (unpaired) electrons. The molecule has 1 aromatic heterocycles. The monoisotopic (exact) mass is 300 g/mol. The molecule has 0 aliphatic carbocycles. The lowest BCUT2D eigenvalue weighted by atomic mass is 9.93. The van der Waals surface area contributed by atoms with E-state index in [1.807, 2.05) is 0 Å². The highest BCUT2D eigenvalue weighted by molar-refractivity contribution is 5.93. The van der Waals surface area contributed by atoms with Crippen LogP contribution in [-0.2, 0) is 0 Å². The molecular formula is C12H17ClN4O3. The first-order chi connectivity index (χ1) is 9.15. The van der Waals surface area contributed by atoms with Gasteiger partial charge in [0.2, 0.25) is 0 Å². The highest BCUT2D eigenvalue weighted by atomic mass is 35.5. The minimum atomic E-state index is -0.500. The summed E-state index contributed by atoms with van der Waals surface area (Å²) in [5, 5.41) is 14.1. The Morgan fingerprint density at radius 3 is 2.95 bits per heavy atom. The lowest BCUT2D eigenvalue weighted by Crippen LogP contribution is -2.46. The van der Waals surface area contributed by atoms with Gasteiger partial charge in [0.05, 0.1) is 11.1 Å². The van der Waals surface area contributed by atoms with Gasteiger partial charge in [0, 0.05) is 25.2 Å². The van der Waals surface area contributed by atoms with Crippen LogP contribution in [-0.4, -0.2) is 46.4 Å². The largest absolute Gasteiger partial charge is 0.351 e. The number of halogens is 1. The number of likely N-dealkylation sites (tertiary alicyclic amines) is 1. The normalized spacial score (nSPS) is 24.9. The summed E-state index contributed by atoms with van der Waals surface area (Å²) in [4.78, 5) is 26.9. The zero-order valence-corrected chi connectivity index (χ0v) is 11.7. The van der Waals surface area contributed by atoms with Crippen LogP contribution in [0.25, 0.3) is 0 Å². The summed E-state index contributed by atoms with van der Waals surface area (Å²) >= 11 is 0. The molecule has 20 heavy (non-hydrogen) atoms. The Hall–Kier alpha value is -1.60. The fourth-order valence-electron chi connectivity index (χ4n) is 3.01. The van der Waals surface area contributed by atoms with E-state index in [9.17, 15) is 14.9 Å². The summed E-state index contributed by atoms with van der Waals surface area (Å²) < 4.78 is 0. The summed E-state index contributed by atoms with van der Waals surface area (Å²) in [5.41, 5.74) is 0.233. The van der Waals surface area contributed by atoms with E-state index in [4.69, 9.17) is 0 Å². The number of H-pyrrole nitrogens is 1. The Kier molecular flexibility index (Phi) is 4.29. The van der Waals surface area contributed by atoms with Gasteiger partial charge in [-0.1, -0.05) is 0 Å². The quantitative estimate of drug-likeness (QED) is 0.633. The number of nitrogens with one attached hydrogen (secondary N) is 2. The second-order valence-corrected chi connectivity index (χ2v) is 5.18. The topological polar surface area (TPSA) is 91.3 Å². The van der Waals surface area contributed by atoms with Crippen molar-refractivity contribution in [3.05, 3.63) is 28.1 Å². The first kappa shape index (κ1) is 14.8. The van der Waals surface area contributed by atoms with Gasteiger partial charge in [0.25, 0.3) is 11.6 Å². The summed E-state index contributed by atoms with van der Waals surface area (Å²) in [7, 11) is 0. The van der Waals surface area contributed by atoms with E-state index < -0.39 is 4.92 Å². The van der Waals surface area contributed by atoms with Crippen molar-refractivity contribution >= 4 is 24.0 Å². The average molecular weight is 301 g/mol.